The topological polar surface area (TPSA) is 0 Å². The van der Waals surface area contributed by atoms with E-state index in [4.69, 9.17) is 0 Å². The van der Waals surface area contributed by atoms with Gasteiger partial charge in [-0.3, -0.25) is 0 Å². The maximum absolute atomic E-state index is 3.32. The third-order valence-corrected chi connectivity index (χ3v) is 1.88. The van der Waals surface area contributed by atoms with Crippen molar-refractivity contribution in [2.24, 2.45) is 11.8 Å². The van der Waals surface area contributed by atoms with Gasteiger partial charge in [0.2, 0.25) is 0 Å². The normalized spacial score (nSPS) is 52.0. The van der Waals surface area contributed by atoms with Gasteiger partial charge in [0.15, 0.2) is 0 Å². The van der Waals surface area contributed by atoms with E-state index in [-0.39, 0.29) is 0 Å². The first-order valence-electron chi connectivity index (χ1n) is 2.67. The van der Waals surface area contributed by atoms with Gasteiger partial charge in [-0.25, -0.2) is 0 Å². The average Bonchev–Trinajstić information content (AvgIpc) is 2.17. The summed E-state index contributed by atoms with van der Waals surface area (Å²) in [6.07, 6.45) is 7.46. The minimum Gasteiger partial charge on any atom is -0.0470 e. The van der Waals surface area contributed by atoms with Gasteiger partial charge in [-0.2, -0.15) is 0 Å². The molecule has 2 radical (unpaired) electrons. The first kappa shape index (κ1) is 3.06. The van der Waals surface area contributed by atoms with Crippen molar-refractivity contribution in [2.75, 3.05) is 0 Å². The second kappa shape index (κ2) is 0.800. The van der Waals surface area contributed by atoms with Gasteiger partial charge in [-0.15, -0.1) is 0 Å². The summed E-state index contributed by atoms with van der Waals surface area (Å²) in [6.45, 7) is 0. The van der Waals surface area contributed by atoms with E-state index in [1.165, 1.54) is 19.3 Å². The highest BCUT2D eigenvalue weighted by molar-refractivity contribution is 4.99. The molecule has 0 bridgehead atoms. The zero-order chi connectivity index (χ0) is 3.98. The van der Waals surface area contributed by atoms with Crippen LogP contribution in [0.2, 0.25) is 0 Å². The van der Waals surface area contributed by atoms with E-state index in [1.54, 1.807) is 0 Å². The first-order chi connectivity index (χ1) is 2.97. The average molecular weight is 80.1 g/mol. The third-order valence-electron chi connectivity index (χ3n) is 1.88. The second-order valence-electron chi connectivity index (χ2n) is 2.41. The van der Waals surface area contributed by atoms with Crippen molar-refractivity contribution in [3.05, 3.63) is 6.42 Å². The fourth-order valence-electron chi connectivity index (χ4n) is 1.26. The van der Waals surface area contributed by atoms with E-state index < -0.39 is 0 Å². The predicted octanol–water partition coefficient (Wildman–Crippen LogP) is 1.50. The molecule has 0 amide bonds. The van der Waals surface area contributed by atoms with Gasteiger partial charge in [0.1, 0.15) is 0 Å². The molecule has 0 spiro atoms. The summed E-state index contributed by atoms with van der Waals surface area (Å²) < 4.78 is 0. The van der Waals surface area contributed by atoms with Crippen molar-refractivity contribution >= 4 is 0 Å². The van der Waals surface area contributed by atoms with E-state index in [1.807, 2.05) is 0 Å². The summed E-state index contributed by atoms with van der Waals surface area (Å²) in [5.74, 6) is 2.20. The van der Waals surface area contributed by atoms with Crippen LogP contribution < -0.4 is 0 Å². The van der Waals surface area contributed by atoms with Gasteiger partial charge in [-0.05, 0) is 37.5 Å². The molecule has 0 aromatic rings. The molecule has 0 heterocycles. The summed E-state index contributed by atoms with van der Waals surface area (Å²) >= 11 is 0. The van der Waals surface area contributed by atoms with Crippen LogP contribution in [-0.2, 0) is 0 Å². The maximum atomic E-state index is 3.32. The molecule has 2 rings (SSSR count). The quantitative estimate of drug-likeness (QED) is 0.413. The van der Waals surface area contributed by atoms with E-state index in [9.17, 15) is 0 Å². The Hall–Kier alpha value is 0. The fourth-order valence-corrected chi connectivity index (χ4v) is 1.26. The number of hydrogen-bond acceptors (Lipinski definition) is 0. The largest absolute Gasteiger partial charge is 0.0470 e. The number of rotatable bonds is 0. The number of hydrogen-bond donors (Lipinski definition) is 0. The lowest BCUT2D eigenvalue weighted by Crippen LogP contribution is -1.65. The van der Waals surface area contributed by atoms with Crippen LogP contribution in [0.4, 0.5) is 0 Å². The fraction of sp³-hybridized carbons (Fsp3) is 0.833. The Balaban J connectivity index is 2.09. The van der Waals surface area contributed by atoms with Crippen molar-refractivity contribution in [3.63, 3.8) is 0 Å². The van der Waals surface area contributed by atoms with Gasteiger partial charge in [0, 0.05) is 0 Å². The van der Waals surface area contributed by atoms with E-state index in [2.05, 4.69) is 6.42 Å². The van der Waals surface area contributed by atoms with Crippen molar-refractivity contribution < 1.29 is 0 Å². The standard InChI is InChI=1S/C6H8/c1-2-5-4-6(5)3-1/h5-6H,2-4H2. The van der Waals surface area contributed by atoms with Crippen LogP contribution in [0.5, 0.6) is 0 Å². The van der Waals surface area contributed by atoms with Crippen LogP contribution in [0.3, 0.4) is 0 Å². The summed E-state index contributed by atoms with van der Waals surface area (Å²) in [4.78, 5) is 0. The molecule has 0 saturated heterocycles. The third kappa shape index (κ3) is 0.250. The van der Waals surface area contributed by atoms with Crippen LogP contribution in [0.1, 0.15) is 19.3 Å². The monoisotopic (exact) mass is 80.1 g/mol. The highest BCUT2D eigenvalue weighted by Gasteiger charge is 2.40. The molecule has 0 aromatic heterocycles. The van der Waals surface area contributed by atoms with Crippen molar-refractivity contribution in [1.29, 1.82) is 0 Å². The molecule has 0 nitrogen and oxygen atoms in total. The highest BCUT2D eigenvalue weighted by Crippen LogP contribution is 2.50. The molecule has 2 fully saturated rings. The first-order valence-corrected chi connectivity index (χ1v) is 2.67. The van der Waals surface area contributed by atoms with E-state index in [0.29, 0.717) is 0 Å². The van der Waals surface area contributed by atoms with Crippen LogP contribution in [0, 0.1) is 18.3 Å². The lowest BCUT2D eigenvalue weighted by atomic mass is 10.3. The SMILES string of the molecule is [C]1CC2CC2C1. The van der Waals surface area contributed by atoms with Crippen LogP contribution in [0.15, 0.2) is 0 Å². The molecular weight excluding hydrogens is 72.1 g/mol. The molecule has 2 aliphatic rings. The molecular formula is C6H8. The van der Waals surface area contributed by atoms with E-state index >= 15 is 0 Å². The molecule has 32 valence electrons. The molecule has 2 aliphatic carbocycles. The molecule has 0 aromatic carbocycles. The Labute approximate surface area is 38.6 Å². The Kier molecular flexibility index (Phi) is 0.408. The van der Waals surface area contributed by atoms with Crippen LogP contribution in [0.25, 0.3) is 0 Å². The van der Waals surface area contributed by atoms with Crippen LogP contribution >= 0.6 is 0 Å². The molecule has 0 heteroatoms. The molecule has 2 saturated carbocycles. The smallest absolute Gasteiger partial charge is 0.0168 e. The molecule has 6 heavy (non-hydrogen) atoms. The zero-order valence-electron chi connectivity index (χ0n) is 3.78. The minimum absolute atomic E-state index is 1.10. The Morgan fingerprint density at radius 1 is 1.17 bits per heavy atom. The van der Waals surface area contributed by atoms with Crippen LogP contribution in [-0.4, -0.2) is 0 Å². The molecule has 0 N–H and O–H groups in total. The summed E-state index contributed by atoms with van der Waals surface area (Å²) in [5.41, 5.74) is 0. The van der Waals surface area contributed by atoms with Crippen molar-refractivity contribution in [2.45, 2.75) is 19.3 Å². The minimum atomic E-state index is 1.10. The maximum Gasteiger partial charge on any atom is -0.0168 e. The molecule has 0 aliphatic heterocycles. The summed E-state index contributed by atoms with van der Waals surface area (Å²) in [7, 11) is 0. The molecule has 2 unspecified atom stereocenters. The Bertz CT molecular complexity index is 58.4. The van der Waals surface area contributed by atoms with Gasteiger partial charge in [0.25, 0.3) is 0 Å². The summed E-state index contributed by atoms with van der Waals surface area (Å²) in [5, 5.41) is 0. The second-order valence-corrected chi connectivity index (χ2v) is 2.41. The highest BCUT2D eigenvalue weighted by atomic mass is 14.5. The summed E-state index contributed by atoms with van der Waals surface area (Å²) in [6, 6.07) is 0. The van der Waals surface area contributed by atoms with Gasteiger partial charge in [0.05, 0.1) is 0 Å². The zero-order valence-corrected chi connectivity index (χ0v) is 3.78. The lowest BCUT2D eigenvalue weighted by molar-refractivity contribution is 0.834. The van der Waals surface area contributed by atoms with Gasteiger partial charge < -0.3 is 0 Å². The van der Waals surface area contributed by atoms with Gasteiger partial charge in [-0.1, -0.05) is 0 Å². The van der Waals surface area contributed by atoms with Crippen molar-refractivity contribution in [3.8, 4) is 0 Å². The van der Waals surface area contributed by atoms with Crippen molar-refractivity contribution in [1.82, 2.24) is 0 Å². The predicted molar refractivity (Wildman–Crippen MR) is 24.1 cm³/mol. The Morgan fingerprint density at radius 2 is 1.83 bits per heavy atom. The van der Waals surface area contributed by atoms with E-state index in [0.717, 1.165) is 11.8 Å². The van der Waals surface area contributed by atoms with Gasteiger partial charge >= 0.3 is 0 Å². The Morgan fingerprint density at radius 3 is 2.00 bits per heavy atom. The lowest BCUT2D eigenvalue weighted by Gasteiger charge is -1.79. The number of fused-ring (bicyclic) bond motifs is 1. The molecule has 2 atom stereocenters.